The Balaban J connectivity index is 2.28. The number of benzene rings is 1. The number of guanidine groups is 1. The normalized spacial score (nSPS) is 14.2. The molecule has 11 N–H and O–H groups in total. The van der Waals surface area contributed by atoms with E-state index in [0.717, 1.165) is 16.5 Å². The number of carbonyl (C=O) groups excluding carboxylic acids is 3. The molecule has 0 aliphatic rings. The van der Waals surface area contributed by atoms with Crippen LogP contribution in [0.4, 0.5) is 0 Å². The summed E-state index contributed by atoms with van der Waals surface area (Å²) >= 11 is 0. The van der Waals surface area contributed by atoms with E-state index in [1.54, 1.807) is 6.20 Å². The number of aliphatic imine (C=N–C) groups is 1. The number of aliphatic carboxylic acids is 1. The topological polar surface area (TPSA) is 231 Å². The third-order valence-electron chi connectivity index (χ3n) is 6.10. The van der Waals surface area contributed by atoms with Crippen LogP contribution in [-0.4, -0.2) is 70.5 Å². The number of hydrogen-bond donors (Lipinski definition) is 8. The molecular weight excluding hydrogens is 504 g/mol. The average Bonchev–Trinajstić information content (AvgIpc) is 3.27. The lowest BCUT2D eigenvalue weighted by Gasteiger charge is -2.25. The van der Waals surface area contributed by atoms with E-state index in [1.807, 2.05) is 38.1 Å². The van der Waals surface area contributed by atoms with E-state index in [0.29, 0.717) is 12.8 Å². The Labute approximate surface area is 227 Å². The van der Waals surface area contributed by atoms with Crippen molar-refractivity contribution in [2.24, 2.45) is 28.1 Å². The highest BCUT2D eigenvalue weighted by Gasteiger charge is 2.30. The third-order valence-corrected chi connectivity index (χ3v) is 6.10. The highest BCUT2D eigenvalue weighted by Crippen LogP contribution is 2.19. The maximum absolute atomic E-state index is 13.5. The largest absolute Gasteiger partial charge is 0.480 e. The molecule has 0 aliphatic heterocycles. The van der Waals surface area contributed by atoms with Crippen LogP contribution in [0.1, 0.15) is 45.6 Å². The number of nitrogens with one attached hydrogen (secondary N) is 4. The number of para-hydroxylation sites is 1. The molecule has 1 aromatic carbocycles. The molecule has 4 atom stereocenters. The predicted octanol–water partition coefficient (Wildman–Crippen LogP) is -0.304. The quantitative estimate of drug-likeness (QED) is 0.0840. The van der Waals surface area contributed by atoms with Gasteiger partial charge in [0.2, 0.25) is 17.7 Å². The van der Waals surface area contributed by atoms with Gasteiger partial charge < -0.3 is 43.2 Å². The van der Waals surface area contributed by atoms with Gasteiger partial charge in [-0.1, -0.05) is 32.0 Å². The van der Waals surface area contributed by atoms with Gasteiger partial charge in [-0.2, -0.15) is 0 Å². The van der Waals surface area contributed by atoms with Crippen LogP contribution < -0.4 is 33.2 Å². The minimum absolute atomic E-state index is 0.112. The summed E-state index contributed by atoms with van der Waals surface area (Å²) in [5.74, 6) is -2.96. The van der Waals surface area contributed by atoms with Gasteiger partial charge in [0.1, 0.15) is 18.1 Å². The van der Waals surface area contributed by atoms with Crippen molar-refractivity contribution < 1.29 is 24.3 Å². The number of carboxylic acid groups (broad SMARTS) is 1. The van der Waals surface area contributed by atoms with Gasteiger partial charge in [0.05, 0.1) is 6.04 Å². The van der Waals surface area contributed by atoms with Crippen LogP contribution >= 0.6 is 0 Å². The van der Waals surface area contributed by atoms with Crippen molar-refractivity contribution in [3.8, 4) is 0 Å². The van der Waals surface area contributed by atoms with E-state index in [1.165, 1.54) is 6.92 Å². The van der Waals surface area contributed by atoms with Crippen molar-refractivity contribution in [2.75, 3.05) is 6.54 Å². The third kappa shape index (κ3) is 9.93. The maximum Gasteiger partial charge on any atom is 0.325 e. The van der Waals surface area contributed by atoms with Crippen molar-refractivity contribution in [3.05, 3.63) is 36.0 Å². The summed E-state index contributed by atoms with van der Waals surface area (Å²) in [4.78, 5) is 57.6. The SMILES string of the molecule is CC(C)CC(N)C(=O)NC(Cc1c[nH]c2ccccc12)C(=O)NC(CCCN=C(N)N)C(=O)NC(C)C(=O)O. The highest BCUT2D eigenvalue weighted by atomic mass is 16.4. The molecule has 0 saturated carbocycles. The van der Waals surface area contributed by atoms with E-state index in [2.05, 4.69) is 25.9 Å². The fourth-order valence-corrected chi connectivity index (χ4v) is 4.04. The Bertz CT molecular complexity index is 1170. The van der Waals surface area contributed by atoms with Gasteiger partial charge in [-0.05, 0) is 43.7 Å². The van der Waals surface area contributed by atoms with E-state index >= 15 is 0 Å². The zero-order valence-electron chi connectivity index (χ0n) is 22.6. The van der Waals surface area contributed by atoms with E-state index < -0.39 is 47.9 Å². The number of carbonyl (C=O) groups is 4. The van der Waals surface area contributed by atoms with Crippen LogP contribution in [-0.2, 0) is 25.6 Å². The second-order valence-corrected chi connectivity index (χ2v) is 9.94. The first-order valence-corrected chi connectivity index (χ1v) is 12.9. The number of fused-ring (bicyclic) bond motifs is 1. The Morgan fingerprint density at radius 3 is 2.26 bits per heavy atom. The fraction of sp³-hybridized carbons (Fsp3) is 0.500. The molecule has 0 aliphatic carbocycles. The molecule has 13 nitrogen and oxygen atoms in total. The van der Waals surface area contributed by atoms with Crippen molar-refractivity contribution in [3.63, 3.8) is 0 Å². The van der Waals surface area contributed by atoms with Gasteiger partial charge in [-0.15, -0.1) is 0 Å². The molecule has 214 valence electrons. The molecule has 2 aromatic rings. The molecule has 0 bridgehead atoms. The first-order valence-electron chi connectivity index (χ1n) is 12.9. The molecule has 0 fully saturated rings. The summed E-state index contributed by atoms with van der Waals surface area (Å²) in [7, 11) is 0. The van der Waals surface area contributed by atoms with E-state index in [-0.39, 0.29) is 31.3 Å². The number of nitrogens with two attached hydrogens (primary N) is 3. The summed E-state index contributed by atoms with van der Waals surface area (Å²) < 4.78 is 0. The standard InChI is InChI=1S/C26H40N8O5/c1-14(2)11-18(27)22(35)34-21(12-16-13-31-19-8-5-4-7-17(16)19)24(37)33-20(9-6-10-30-26(28)29)23(36)32-15(3)25(38)39/h4-5,7-8,13-15,18,20-21,31H,6,9-12,27H2,1-3H3,(H,32,36)(H,33,37)(H,34,35)(H,38,39)(H4,28,29,30). The molecule has 1 heterocycles. The maximum atomic E-state index is 13.5. The number of carboxylic acids is 1. The zero-order valence-corrected chi connectivity index (χ0v) is 22.6. The fourth-order valence-electron chi connectivity index (χ4n) is 4.04. The van der Waals surface area contributed by atoms with Gasteiger partial charge in [-0.25, -0.2) is 0 Å². The van der Waals surface area contributed by atoms with Crippen molar-refractivity contribution in [1.82, 2.24) is 20.9 Å². The Kier molecular flexibility index (Phi) is 11.7. The second-order valence-electron chi connectivity index (χ2n) is 9.94. The number of rotatable bonds is 15. The van der Waals surface area contributed by atoms with Crippen LogP contribution in [0, 0.1) is 5.92 Å². The first-order chi connectivity index (χ1) is 18.4. The predicted molar refractivity (Wildman–Crippen MR) is 148 cm³/mol. The van der Waals surface area contributed by atoms with Crippen molar-refractivity contribution >= 4 is 40.6 Å². The van der Waals surface area contributed by atoms with Gasteiger partial charge >= 0.3 is 5.97 Å². The lowest BCUT2D eigenvalue weighted by molar-refractivity contribution is -0.141. The van der Waals surface area contributed by atoms with Crippen molar-refractivity contribution in [2.45, 2.75) is 70.6 Å². The average molecular weight is 545 g/mol. The number of amides is 3. The molecule has 2 rings (SSSR count). The monoisotopic (exact) mass is 544 g/mol. The van der Waals surface area contributed by atoms with Crippen LogP contribution in [0.5, 0.6) is 0 Å². The number of aromatic amines is 1. The van der Waals surface area contributed by atoms with Crippen LogP contribution in [0.2, 0.25) is 0 Å². The molecule has 0 spiro atoms. The van der Waals surface area contributed by atoms with Crippen LogP contribution in [0.3, 0.4) is 0 Å². The molecule has 4 unspecified atom stereocenters. The second kappa shape index (κ2) is 14.7. The Morgan fingerprint density at radius 1 is 0.974 bits per heavy atom. The first kappa shape index (κ1) is 31.1. The smallest absolute Gasteiger partial charge is 0.325 e. The van der Waals surface area contributed by atoms with Crippen molar-refractivity contribution in [1.29, 1.82) is 0 Å². The molecule has 0 radical (unpaired) electrons. The lowest BCUT2D eigenvalue weighted by Crippen LogP contribution is -2.57. The number of aromatic nitrogens is 1. The molecule has 3 amide bonds. The molecular formula is C26H40N8O5. The van der Waals surface area contributed by atoms with Gasteiger partial charge in [0, 0.05) is 30.1 Å². The number of hydrogen-bond acceptors (Lipinski definition) is 6. The Morgan fingerprint density at radius 2 is 1.62 bits per heavy atom. The van der Waals surface area contributed by atoms with Gasteiger partial charge in [0.15, 0.2) is 5.96 Å². The number of nitrogens with zero attached hydrogens (tertiary/aromatic N) is 1. The summed E-state index contributed by atoms with van der Waals surface area (Å²) in [6.45, 7) is 5.39. The summed E-state index contributed by atoms with van der Waals surface area (Å²) in [6, 6.07) is 3.39. The summed E-state index contributed by atoms with van der Waals surface area (Å²) in [5.41, 5.74) is 18.4. The zero-order chi connectivity index (χ0) is 29.1. The number of H-pyrrole nitrogens is 1. The molecule has 1 aromatic heterocycles. The van der Waals surface area contributed by atoms with Gasteiger partial charge in [-0.3, -0.25) is 24.2 Å². The highest BCUT2D eigenvalue weighted by molar-refractivity contribution is 5.94. The minimum atomic E-state index is -1.22. The summed E-state index contributed by atoms with van der Waals surface area (Å²) in [5, 5.41) is 17.9. The minimum Gasteiger partial charge on any atom is -0.480 e. The summed E-state index contributed by atoms with van der Waals surface area (Å²) in [6.07, 6.45) is 2.77. The van der Waals surface area contributed by atoms with Crippen LogP contribution in [0.25, 0.3) is 10.9 Å². The van der Waals surface area contributed by atoms with E-state index in [9.17, 15) is 24.3 Å². The molecule has 13 heteroatoms. The van der Waals surface area contributed by atoms with E-state index in [4.69, 9.17) is 17.2 Å². The van der Waals surface area contributed by atoms with Gasteiger partial charge in [0.25, 0.3) is 0 Å². The van der Waals surface area contributed by atoms with Crippen LogP contribution in [0.15, 0.2) is 35.5 Å². The Hall–Kier alpha value is -4.13. The lowest BCUT2D eigenvalue weighted by atomic mass is 10.0. The molecule has 39 heavy (non-hydrogen) atoms. The molecule has 0 saturated heterocycles.